The lowest BCUT2D eigenvalue weighted by Crippen LogP contribution is -2.45. The molecule has 0 aliphatic carbocycles. The van der Waals surface area contributed by atoms with Crippen LogP contribution in [0, 0.1) is 6.92 Å². The van der Waals surface area contributed by atoms with E-state index in [1.165, 1.54) is 0 Å². The van der Waals surface area contributed by atoms with Gasteiger partial charge in [-0.05, 0) is 50.1 Å². The zero-order valence-corrected chi connectivity index (χ0v) is 13.1. The summed E-state index contributed by atoms with van der Waals surface area (Å²) in [5.74, 6) is -0.000442. The maximum absolute atomic E-state index is 12.0. The van der Waals surface area contributed by atoms with Crippen molar-refractivity contribution in [1.29, 1.82) is 0 Å². The van der Waals surface area contributed by atoms with E-state index in [4.69, 9.17) is 17.3 Å². The van der Waals surface area contributed by atoms with Gasteiger partial charge in [0.1, 0.15) is 0 Å². The fourth-order valence-corrected chi connectivity index (χ4v) is 2.62. The summed E-state index contributed by atoms with van der Waals surface area (Å²) in [5, 5.41) is 3.60. The van der Waals surface area contributed by atoms with Crippen molar-refractivity contribution >= 4 is 35.6 Å². The molecule has 4 nitrogen and oxygen atoms in total. The van der Waals surface area contributed by atoms with E-state index in [0.717, 1.165) is 37.2 Å². The molecule has 1 fully saturated rings. The second kappa shape index (κ2) is 7.84. The van der Waals surface area contributed by atoms with Crippen LogP contribution in [0.25, 0.3) is 0 Å². The van der Waals surface area contributed by atoms with E-state index in [9.17, 15) is 4.79 Å². The topological polar surface area (TPSA) is 58.4 Å². The van der Waals surface area contributed by atoms with Gasteiger partial charge in [0.05, 0.1) is 6.54 Å². The average Bonchev–Trinajstić information content (AvgIpc) is 2.33. The lowest BCUT2D eigenvalue weighted by molar-refractivity contribution is -0.117. The Morgan fingerprint density at radius 2 is 2.30 bits per heavy atom. The largest absolute Gasteiger partial charge is 0.327 e. The van der Waals surface area contributed by atoms with Crippen LogP contribution in [0.2, 0.25) is 5.02 Å². The van der Waals surface area contributed by atoms with Gasteiger partial charge in [0.25, 0.3) is 0 Å². The maximum atomic E-state index is 12.0. The maximum Gasteiger partial charge on any atom is 0.238 e. The third-order valence-electron chi connectivity index (χ3n) is 3.37. The Kier molecular flexibility index (Phi) is 6.76. The summed E-state index contributed by atoms with van der Waals surface area (Å²) in [7, 11) is 0. The van der Waals surface area contributed by atoms with Crippen LogP contribution in [0.3, 0.4) is 0 Å². The quantitative estimate of drug-likeness (QED) is 0.900. The number of nitrogens with two attached hydrogens (primary N) is 1. The highest BCUT2D eigenvalue weighted by Gasteiger charge is 2.18. The van der Waals surface area contributed by atoms with Gasteiger partial charge in [-0.1, -0.05) is 11.6 Å². The van der Waals surface area contributed by atoms with Gasteiger partial charge in [0.2, 0.25) is 5.91 Å². The molecule has 3 N–H and O–H groups in total. The number of likely N-dealkylation sites (tertiary alicyclic amines) is 1. The Labute approximate surface area is 131 Å². The molecule has 20 heavy (non-hydrogen) atoms. The molecule has 2 rings (SSSR count). The molecule has 1 aromatic carbocycles. The Morgan fingerprint density at radius 1 is 1.55 bits per heavy atom. The highest BCUT2D eigenvalue weighted by molar-refractivity contribution is 6.30. The van der Waals surface area contributed by atoms with Crippen molar-refractivity contribution in [2.45, 2.75) is 25.8 Å². The van der Waals surface area contributed by atoms with Gasteiger partial charge >= 0.3 is 0 Å². The number of amides is 1. The third kappa shape index (κ3) is 4.94. The van der Waals surface area contributed by atoms with Crippen LogP contribution in [0.5, 0.6) is 0 Å². The second-order valence-electron chi connectivity index (χ2n) is 5.14. The molecule has 0 bridgehead atoms. The minimum atomic E-state index is -0.000442. The third-order valence-corrected chi connectivity index (χ3v) is 3.61. The van der Waals surface area contributed by atoms with Crippen molar-refractivity contribution in [2.75, 3.05) is 25.0 Å². The van der Waals surface area contributed by atoms with Crippen molar-refractivity contribution in [2.24, 2.45) is 5.73 Å². The molecule has 0 radical (unpaired) electrons. The fourth-order valence-electron chi connectivity index (χ4n) is 2.40. The smallest absolute Gasteiger partial charge is 0.238 e. The fraction of sp³-hybridized carbons (Fsp3) is 0.500. The molecule has 0 spiro atoms. The van der Waals surface area contributed by atoms with Crippen LogP contribution in [-0.4, -0.2) is 36.5 Å². The van der Waals surface area contributed by atoms with Crippen LogP contribution in [-0.2, 0) is 4.79 Å². The second-order valence-corrected chi connectivity index (χ2v) is 5.58. The van der Waals surface area contributed by atoms with Gasteiger partial charge in [-0.3, -0.25) is 9.69 Å². The predicted molar refractivity (Wildman–Crippen MR) is 85.7 cm³/mol. The summed E-state index contributed by atoms with van der Waals surface area (Å²) in [6, 6.07) is 5.64. The number of hydrogen-bond acceptors (Lipinski definition) is 3. The monoisotopic (exact) mass is 317 g/mol. The summed E-state index contributed by atoms with van der Waals surface area (Å²) in [5.41, 5.74) is 7.69. The first kappa shape index (κ1) is 17.2. The molecule has 1 aromatic rings. The zero-order chi connectivity index (χ0) is 13.8. The van der Waals surface area contributed by atoms with Gasteiger partial charge in [-0.15, -0.1) is 12.4 Å². The van der Waals surface area contributed by atoms with Crippen LogP contribution < -0.4 is 11.1 Å². The number of halogens is 2. The van der Waals surface area contributed by atoms with Gasteiger partial charge in [-0.2, -0.15) is 0 Å². The molecule has 112 valence electrons. The van der Waals surface area contributed by atoms with E-state index in [0.29, 0.717) is 11.6 Å². The van der Waals surface area contributed by atoms with Crippen LogP contribution >= 0.6 is 24.0 Å². The van der Waals surface area contributed by atoms with Crippen LogP contribution in [0.15, 0.2) is 18.2 Å². The van der Waals surface area contributed by atoms with E-state index in [2.05, 4.69) is 10.2 Å². The standard InChI is InChI=1S/C14H20ClN3O.ClH/c1-10-7-11(15)4-5-13(10)17-14(19)9-18-6-2-3-12(16)8-18;/h4-5,7,12H,2-3,6,8-9,16H2,1H3,(H,17,19);1H. The first-order valence-electron chi connectivity index (χ1n) is 6.58. The van der Waals surface area contributed by atoms with Crippen molar-refractivity contribution in [3.05, 3.63) is 28.8 Å². The highest BCUT2D eigenvalue weighted by atomic mass is 35.5. The van der Waals surface area contributed by atoms with Gasteiger partial charge in [0, 0.05) is 23.3 Å². The lowest BCUT2D eigenvalue weighted by atomic mass is 10.1. The summed E-state index contributed by atoms with van der Waals surface area (Å²) in [4.78, 5) is 14.1. The number of aryl methyl sites for hydroxylation is 1. The number of piperidine rings is 1. The molecule has 6 heteroatoms. The number of rotatable bonds is 3. The first-order valence-corrected chi connectivity index (χ1v) is 6.96. The summed E-state index contributed by atoms with van der Waals surface area (Å²) < 4.78 is 0. The Bertz CT molecular complexity index is 468. The van der Waals surface area contributed by atoms with E-state index in [1.807, 2.05) is 19.1 Å². The number of nitrogens with one attached hydrogen (secondary N) is 1. The molecular weight excluding hydrogens is 297 g/mol. The Hall–Kier alpha value is -0.810. The van der Waals surface area contributed by atoms with E-state index < -0.39 is 0 Å². The minimum absolute atomic E-state index is 0. The van der Waals surface area contributed by atoms with Crippen molar-refractivity contribution in [3.63, 3.8) is 0 Å². The molecule has 1 atom stereocenters. The molecule has 1 aliphatic rings. The summed E-state index contributed by atoms with van der Waals surface area (Å²) >= 11 is 5.89. The highest BCUT2D eigenvalue weighted by Crippen LogP contribution is 2.19. The number of anilines is 1. The number of carbonyl (C=O) groups is 1. The molecule has 0 saturated carbocycles. The van der Waals surface area contributed by atoms with Gasteiger partial charge in [-0.25, -0.2) is 0 Å². The van der Waals surface area contributed by atoms with E-state index in [-0.39, 0.29) is 24.4 Å². The molecule has 1 amide bonds. The molecule has 1 aliphatic heterocycles. The first-order chi connectivity index (χ1) is 9.04. The average molecular weight is 318 g/mol. The zero-order valence-electron chi connectivity index (χ0n) is 11.6. The number of benzene rings is 1. The van der Waals surface area contributed by atoms with Crippen molar-refractivity contribution in [1.82, 2.24) is 4.90 Å². The van der Waals surface area contributed by atoms with Crippen molar-refractivity contribution < 1.29 is 4.79 Å². The van der Waals surface area contributed by atoms with Gasteiger partial charge in [0.15, 0.2) is 0 Å². The number of hydrogen-bond donors (Lipinski definition) is 2. The van der Waals surface area contributed by atoms with Crippen LogP contribution in [0.4, 0.5) is 5.69 Å². The molecule has 1 unspecified atom stereocenters. The van der Waals surface area contributed by atoms with Crippen molar-refractivity contribution in [3.8, 4) is 0 Å². The lowest BCUT2D eigenvalue weighted by Gasteiger charge is -2.30. The molecule has 1 heterocycles. The molecular formula is C14H21Cl2N3O. The Morgan fingerprint density at radius 3 is 2.95 bits per heavy atom. The SMILES string of the molecule is Cc1cc(Cl)ccc1NC(=O)CN1CCCC(N)C1.Cl. The number of carbonyl (C=O) groups excluding carboxylic acids is 1. The summed E-state index contributed by atoms with van der Waals surface area (Å²) in [6.07, 6.45) is 2.11. The van der Waals surface area contributed by atoms with E-state index in [1.54, 1.807) is 6.07 Å². The minimum Gasteiger partial charge on any atom is -0.327 e. The molecule has 1 saturated heterocycles. The van der Waals surface area contributed by atoms with Crippen LogP contribution in [0.1, 0.15) is 18.4 Å². The molecule has 0 aromatic heterocycles. The van der Waals surface area contributed by atoms with E-state index >= 15 is 0 Å². The summed E-state index contributed by atoms with van der Waals surface area (Å²) in [6.45, 7) is 4.07. The predicted octanol–water partition coefficient (Wildman–Crippen LogP) is 2.43. The van der Waals surface area contributed by atoms with Gasteiger partial charge < -0.3 is 11.1 Å². The normalized spacial score (nSPS) is 19.2. The number of nitrogens with zero attached hydrogens (tertiary/aromatic N) is 1. The Balaban J connectivity index is 0.00000200.